The van der Waals surface area contributed by atoms with Gasteiger partial charge < -0.3 is 15.4 Å². The molecule has 0 aromatic heterocycles. The van der Waals surface area contributed by atoms with E-state index in [1.54, 1.807) is 24.1 Å². The molecule has 2 N–H and O–H groups in total. The van der Waals surface area contributed by atoms with Crippen LogP contribution >= 0.6 is 0 Å². The number of ether oxygens (including phenoxy) is 1. The smallest absolute Gasteiger partial charge is 0.227 e. The fourth-order valence-corrected chi connectivity index (χ4v) is 1.85. The summed E-state index contributed by atoms with van der Waals surface area (Å²) in [7, 11) is 1.63. The minimum absolute atomic E-state index is 0.00829. The van der Waals surface area contributed by atoms with Crippen LogP contribution in [0.25, 0.3) is 0 Å². The number of methoxy groups -OCH3 is 1. The van der Waals surface area contributed by atoms with Crippen molar-refractivity contribution in [2.24, 2.45) is 5.73 Å². The van der Waals surface area contributed by atoms with E-state index in [-0.39, 0.29) is 17.8 Å². The standard InChI is InChI=1S/C15H23FN2O2/c1-12(20-2)4-9-15(19)18(11-3-10-17)14-7-5-13(16)6-8-14/h5-8,12H,3-4,9-11,17H2,1-2H3. The van der Waals surface area contributed by atoms with Crippen LogP contribution in [0.2, 0.25) is 0 Å². The zero-order chi connectivity index (χ0) is 15.0. The van der Waals surface area contributed by atoms with Crippen LogP contribution in [0.1, 0.15) is 26.2 Å². The van der Waals surface area contributed by atoms with Gasteiger partial charge in [0.25, 0.3) is 0 Å². The highest BCUT2D eigenvalue weighted by molar-refractivity contribution is 5.93. The van der Waals surface area contributed by atoms with Gasteiger partial charge in [-0.1, -0.05) is 0 Å². The number of nitrogens with two attached hydrogens (primary N) is 1. The third-order valence-electron chi connectivity index (χ3n) is 3.19. The summed E-state index contributed by atoms with van der Waals surface area (Å²) in [6, 6.07) is 5.94. The van der Waals surface area contributed by atoms with Crippen molar-refractivity contribution in [2.45, 2.75) is 32.3 Å². The lowest BCUT2D eigenvalue weighted by Gasteiger charge is -2.23. The number of carbonyl (C=O) groups is 1. The Bertz CT molecular complexity index is 409. The number of amides is 1. The topological polar surface area (TPSA) is 55.6 Å². The highest BCUT2D eigenvalue weighted by Crippen LogP contribution is 2.17. The quantitative estimate of drug-likeness (QED) is 0.796. The van der Waals surface area contributed by atoms with Gasteiger partial charge in [-0.2, -0.15) is 0 Å². The van der Waals surface area contributed by atoms with Crippen molar-refractivity contribution >= 4 is 11.6 Å². The Balaban J connectivity index is 2.72. The molecule has 0 bridgehead atoms. The SMILES string of the molecule is COC(C)CCC(=O)N(CCCN)c1ccc(F)cc1. The zero-order valence-electron chi connectivity index (χ0n) is 12.1. The van der Waals surface area contributed by atoms with Crippen molar-refractivity contribution in [1.29, 1.82) is 0 Å². The number of hydrogen-bond donors (Lipinski definition) is 1. The molecule has 0 aliphatic carbocycles. The van der Waals surface area contributed by atoms with Crippen LogP contribution in [0, 0.1) is 5.82 Å². The molecule has 0 fully saturated rings. The molecule has 0 saturated carbocycles. The van der Waals surface area contributed by atoms with Crippen LogP contribution in [0.5, 0.6) is 0 Å². The van der Waals surface area contributed by atoms with Crippen molar-refractivity contribution < 1.29 is 13.9 Å². The molecule has 0 spiro atoms. The lowest BCUT2D eigenvalue weighted by atomic mass is 10.1. The molecule has 1 aromatic rings. The number of nitrogens with zero attached hydrogens (tertiary/aromatic N) is 1. The van der Waals surface area contributed by atoms with Crippen molar-refractivity contribution in [3.05, 3.63) is 30.1 Å². The first kappa shape index (κ1) is 16.6. The third kappa shape index (κ3) is 5.27. The first-order valence-corrected chi connectivity index (χ1v) is 6.87. The summed E-state index contributed by atoms with van der Waals surface area (Å²) in [6.07, 6.45) is 1.82. The van der Waals surface area contributed by atoms with Gasteiger partial charge in [0.2, 0.25) is 5.91 Å². The largest absolute Gasteiger partial charge is 0.382 e. The number of carbonyl (C=O) groups excluding carboxylic acids is 1. The van der Waals surface area contributed by atoms with Crippen LogP contribution in [0.15, 0.2) is 24.3 Å². The second-order valence-electron chi connectivity index (χ2n) is 4.75. The monoisotopic (exact) mass is 282 g/mol. The van der Waals surface area contributed by atoms with Gasteiger partial charge in [-0.25, -0.2) is 4.39 Å². The second kappa shape index (κ2) is 8.66. The van der Waals surface area contributed by atoms with Crippen LogP contribution in [0.4, 0.5) is 10.1 Å². The fraction of sp³-hybridized carbons (Fsp3) is 0.533. The average molecular weight is 282 g/mol. The number of halogens is 1. The Labute approximate surface area is 119 Å². The Morgan fingerprint density at radius 3 is 2.60 bits per heavy atom. The van der Waals surface area contributed by atoms with Gasteiger partial charge in [0.1, 0.15) is 5.82 Å². The molecular weight excluding hydrogens is 259 g/mol. The molecule has 5 heteroatoms. The molecule has 0 saturated heterocycles. The zero-order valence-corrected chi connectivity index (χ0v) is 12.1. The van der Waals surface area contributed by atoms with E-state index in [0.29, 0.717) is 38.0 Å². The molecule has 1 aromatic carbocycles. The average Bonchev–Trinajstić information content (AvgIpc) is 2.46. The van der Waals surface area contributed by atoms with E-state index in [1.165, 1.54) is 12.1 Å². The first-order valence-electron chi connectivity index (χ1n) is 6.87. The van der Waals surface area contributed by atoms with E-state index in [0.717, 1.165) is 0 Å². The van der Waals surface area contributed by atoms with E-state index in [1.807, 2.05) is 6.92 Å². The highest BCUT2D eigenvalue weighted by atomic mass is 19.1. The predicted molar refractivity (Wildman–Crippen MR) is 78.1 cm³/mol. The van der Waals surface area contributed by atoms with E-state index in [2.05, 4.69) is 0 Å². The number of rotatable bonds is 8. The number of anilines is 1. The summed E-state index contributed by atoms with van der Waals surface area (Å²) in [5.41, 5.74) is 6.21. The molecular formula is C15H23FN2O2. The van der Waals surface area contributed by atoms with E-state index in [9.17, 15) is 9.18 Å². The van der Waals surface area contributed by atoms with Gasteiger partial charge in [0.15, 0.2) is 0 Å². The van der Waals surface area contributed by atoms with Crippen molar-refractivity contribution in [3.63, 3.8) is 0 Å². The Morgan fingerprint density at radius 1 is 1.40 bits per heavy atom. The summed E-state index contributed by atoms with van der Waals surface area (Å²) in [4.78, 5) is 14.0. The molecule has 112 valence electrons. The molecule has 1 unspecified atom stereocenters. The normalized spacial score (nSPS) is 12.2. The van der Waals surface area contributed by atoms with Gasteiger partial charge in [-0.15, -0.1) is 0 Å². The first-order chi connectivity index (χ1) is 9.58. The van der Waals surface area contributed by atoms with Crippen LogP contribution in [-0.4, -0.2) is 32.2 Å². The molecule has 0 radical (unpaired) electrons. The minimum atomic E-state index is -0.312. The van der Waals surface area contributed by atoms with Crippen molar-refractivity contribution in [3.8, 4) is 0 Å². The molecule has 0 aliphatic heterocycles. The van der Waals surface area contributed by atoms with Crippen molar-refractivity contribution in [2.75, 3.05) is 25.1 Å². The third-order valence-corrected chi connectivity index (χ3v) is 3.19. The van der Waals surface area contributed by atoms with Crippen molar-refractivity contribution in [1.82, 2.24) is 0 Å². The molecule has 1 amide bonds. The van der Waals surface area contributed by atoms with E-state index >= 15 is 0 Å². The molecule has 0 aliphatic rings. The molecule has 1 rings (SSSR count). The van der Waals surface area contributed by atoms with E-state index in [4.69, 9.17) is 10.5 Å². The van der Waals surface area contributed by atoms with Gasteiger partial charge in [0.05, 0.1) is 6.10 Å². The van der Waals surface area contributed by atoms with Gasteiger partial charge in [0, 0.05) is 25.8 Å². The van der Waals surface area contributed by atoms with Crippen LogP contribution < -0.4 is 10.6 Å². The number of benzene rings is 1. The van der Waals surface area contributed by atoms with Crippen LogP contribution in [0.3, 0.4) is 0 Å². The maximum atomic E-state index is 13.0. The molecule has 20 heavy (non-hydrogen) atoms. The van der Waals surface area contributed by atoms with Gasteiger partial charge >= 0.3 is 0 Å². The summed E-state index contributed by atoms with van der Waals surface area (Å²) < 4.78 is 18.1. The van der Waals surface area contributed by atoms with Gasteiger partial charge in [-0.05, 0) is 50.6 Å². The highest BCUT2D eigenvalue weighted by Gasteiger charge is 2.16. The fourth-order valence-electron chi connectivity index (χ4n) is 1.85. The summed E-state index contributed by atoms with van der Waals surface area (Å²) in [5.74, 6) is -0.304. The summed E-state index contributed by atoms with van der Waals surface area (Å²) in [5, 5.41) is 0. The van der Waals surface area contributed by atoms with Gasteiger partial charge in [-0.3, -0.25) is 4.79 Å². The lowest BCUT2D eigenvalue weighted by molar-refractivity contribution is -0.119. The summed E-state index contributed by atoms with van der Waals surface area (Å²) in [6.45, 7) is 2.98. The maximum Gasteiger partial charge on any atom is 0.227 e. The Hall–Kier alpha value is -1.46. The maximum absolute atomic E-state index is 13.0. The van der Waals surface area contributed by atoms with Crippen LogP contribution in [-0.2, 0) is 9.53 Å². The Morgan fingerprint density at radius 2 is 2.05 bits per heavy atom. The predicted octanol–water partition coefficient (Wildman–Crippen LogP) is 2.32. The summed E-state index contributed by atoms with van der Waals surface area (Å²) >= 11 is 0. The second-order valence-corrected chi connectivity index (χ2v) is 4.75. The minimum Gasteiger partial charge on any atom is -0.382 e. The molecule has 4 nitrogen and oxygen atoms in total. The van der Waals surface area contributed by atoms with E-state index < -0.39 is 0 Å². The molecule has 1 atom stereocenters. The lowest BCUT2D eigenvalue weighted by Crippen LogP contribution is -2.33. The Kier molecular flexibility index (Phi) is 7.18. The molecule has 0 heterocycles. The number of hydrogen-bond acceptors (Lipinski definition) is 3.